The highest BCUT2D eigenvalue weighted by atomic mass is 35.5. The first-order valence-electron chi connectivity index (χ1n) is 12.7. The fraction of sp³-hybridized carbons (Fsp3) is 0.538. The molecule has 10 nitrogen and oxygen atoms in total. The van der Waals surface area contributed by atoms with Gasteiger partial charge in [0.15, 0.2) is 0 Å². The van der Waals surface area contributed by atoms with Crippen LogP contribution in [0.25, 0.3) is 10.9 Å². The third-order valence-corrected chi connectivity index (χ3v) is 7.60. The highest BCUT2D eigenvalue weighted by Gasteiger charge is 2.37. The number of halogens is 1. The average Bonchev–Trinajstić information content (AvgIpc) is 3.29. The van der Waals surface area contributed by atoms with Gasteiger partial charge in [0, 0.05) is 48.0 Å². The summed E-state index contributed by atoms with van der Waals surface area (Å²) in [5, 5.41) is 10.0. The molecular weight excluding hydrogens is 496 g/mol. The second kappa shape index (κ2) is 11.5. The zero-order valence-electron chi connectivity index (χ0n) is 21.5. The molecule has 11 heteroatoms. The highest BCUT2D eigenvalue weighted by Crippen LogP contribution is 2.27. The van der Waals surface area contributed by atoms with Crippen LogP contribution in [0.2, 0.25) is 5.02 Å². The molecular formula is C26H35ClN6O4. The summed E-state index contributed by atoms with van der Waals surface area (Å²) in [6, 6.07) is 5.99. The van der Waals surface area contributed by atoms with Crippen molar-refractivity contribution in [3.8, 4) is 0 Å². The number of hydrogen-bond acceptors (Lipinski definition) is 5. The third kappa shape index (κ3) is 6.61. The van der Waals surface area contributed by atoms with Crippen LogP contribution in [0.3, 0.4) is 0 Å². The molecule has 200 valence electrons. The van der Waals surface area contributed by atoms with Gasteiger partial charge in [0.2, 0.25) is 5.91 Å². The van der Waals surface area contributed by atoms with Crippen LogP contribution in [0.4, 0.5) is 0 Å². The Morgan fingerprint density at radius 2 is 1.65 bits per heavy atom. The van der Waals surface area contributed by atoms with Crippen molar-refractivity contribution in [2.75, 3.05) is 34.2 Å². The maximum Gasteiger partial charge on any atom is 0.309 e. The van der Waals surface area contributed by atoms with Crippen molar-refractivity contribution in [3.05, 3.63) is 35.0 Å². The van der Waals surface area contributed by atoms with Crippen LogP contribution >= 0.6 is 11.6 Å². The lowest BCUT2D eigenvalue weighted by Crippen LogP contribution is -2.58. The highest BCUT2D eigenvalue weighted by molar-refractivity contribution is 6.35. The fourth-order valence-corrected chi connectivity index (χ4v) is 5.38. The summed E-state index contributed by atoms with van der Waals surface area (Å²) in [7, 11) is 5.42. The van der Waals surface area contributed by atoms with Gasteiger partial charge >= 0.3 is 11.8 Å². The number of nitrogens with zero attached hydrogens (tertiary/aromatic N) is 2. The van der Waals surface area contributed by atoms with Gasteiger partial charge < -0.3 is 30.7 Å². The predicted molar refractivity (Wildman–Crippen MR) is 141 cm³/mol. The molecule has 2 aromatic rings. The Balaban J connectivity index is 1.44. The summed E-state index contributed by atoms with van der Waals surface area (Å²) in [5.41, 5.74) is 1.15. The van der Waals surface area contributed by atoms with E-state index in [1.165, 1.54) is 4.90 Å². The van der Waals surface area contributed by atoms with Crippen molar-refractivity contribution in [1.82, 2.24) is 30.7 Å². The number of nitrogens with one attached hydrogen (secondary N) is 4. The summed E-state index contributed by atoms with van der Waals surface area (Å²) in [5.74, 6) is -2.10. The van der Waals surface area contributed by atoms with E-state index in [9.17, 15) is 19.2 Å². The van der Waals surface area contributed by atoms with E-state index >= 15 is 0 Å². The minimum absolute atomic E-state index is 0.0349. The van der Waals surface area contributed by atoms with Crippen molar-refractivity contribution < 1.29 is 19.2 Å². The molecule has 1 aromatic heterocycles. The summed E-state index contributed by atoms with van der Waals surface area (Å²) in [6.45, 7) is 1.72. The van der Waals surface area contributed by atoms with E-state index in [1.54, 1.807) is 38.4 Å². The fourth-order valence-electron chi connectivity index (χ4n) is 5.20. The van der Waals surface area contributed by atoms with Crippen LogP contribution in [0, 0.1) is 5.92 Å². The molecule has 4 rings (SSSR count). The second-order valence-electron chi connectivity index (χ2n) is 10.4. The van der Waals surface area contributed by atoms with Crippen LogP contribution in [-0.2, 0) is 14.4 Å². The average molecular weight is 531 g/mol. The lowest BCUT2D eigenvalue weighted by Gasteiger charge is -2.37. The van der Waals surface area contributed by atoms with E-state index in [2.05, 4.69) is 25.8 Å². The molecule has 1 aromatic carbocycles. The Kier molecular flexibility index (Phi) is 8.39. The maximum atomic E-state index is 13.1. The number of aromatic nitrogens is 1. The minimum Gasteiger partial charge on any atom is -0.351 e. The number of amides is 4. The van der Waals surface area contributed by atoms with E-state index in [4.69, 9.17) is 11.6 Å². The second-order valence-corrected chi connectivity index (χ2v) is 10.8. The van der Waals surface area contributed by atoms with Gasteiger partial charge in [-0.25, -0.2) is 0 Å². The molecule has 37 heavy (non-hydrogen) atoms. The third-order valence-electron chi connectivity index (χ3n) is 7.36. The largest absolute Gasteiger partial charge is 0.351 e. The first-order chi connectivity index (χ1) is 17.6. The van der Waals surface area contributed by atoms with Gasteiger partial charge in [-0.05, 0) is 76.5 Å². The lowest BCUT2D eigenvalue weighted by molar-refractivity contribution is -0.141. The first kappa shape index (κ1) is 26.9. The standard InChI is InChI=1S/C26H35ClN6O4/c1-32(2)26(37)15-4-6-20(30-23(34)22-14-16-12-17(27)5-7-19(16)29-22)21(13-15)31-25(36)24(35)28-18-8-10-33(3)11-9-18/h5,7,12,14-15,18,20-21,29H,4,6,8-11,13H2,1-3H3,(H,28,35)(H,30,34)(H,31,36)/t15-,20+,21+/m0/s1. The van der Waals surface area contributed by atoms with Crippen molar-refractivity contribution in [1.29, 1.82) is 0 Å². The van der Waals surface area contributed by atoms with Gasteiger partial charge in [-0.15, -0.1) is 0 Å². The van der Waals surface area contributed by atoms with Crippen molar-refractivity contribution in [3.63, 3.8) is 0 Å². The van der Waals surface area contributed by atoms with E-state index in [0.29, 0.717) is 30.0 Å². The monoisotopic (exact) mass is 530 g/mol. The Labute approximate surface area is 221 Å². The van der Waals surface area contributed by atoms with Crippen LogP contribution in [-0.4, -0.2) is 90.8 Å². The number of fused-ring (bicyclic) bond motifs is 1. The molecule has 2 fully saturated rings. The van der Waals surface area contributed by atoms with Crippen molar-refractivity contribution >= 4 is 46.1 Å². The number of benzene rings is 1. The number of H-pyrrole nitrogens is 1. The molecule has 0 unspecified atom stereocenters. The molecule has 1 saturated carbocycles. The zero-order chi connectivity index (χ0) is 26.7. The normalized spacial score (nSPS) is 22.9. The van der Waals surface area contributed by atoms with Gasteiger partial charge in [-0.2, -0.15) is 0 Å². The van der Waals surface area contributed by atoms with E-state index in [1.807, 2.05) is 7.05 Å². The number of carbonyl (C=O) groups excluding carboxylic acids is 4. The molecule has 0 spiro atoms. The Bertz CT molecular complexity index is 1170. The van der Waals surface area contributed by atoms with Crippen LogP contribution in [0.5, 0.6) is 0 Å². The van der Waals surface area contributed by atoms with Crippen LogP contribution in [0.15, 0.2) is 24.3 Å². The van der Waals surface area contributed by atoms with Gasteiger partial charge in [-0.3, -0.25) is 19.2 Å². The Morgan fingerprint density at radius 3 is 2.35 bits per heavy atom. The Hall–Kier alpha value is -3.11. The summed E-state index contributed by atoms with van der Waals surface area (Å²) < 4.78 is 0. The van der Waals surface area contributed by atoms with Gasteiger partial charge in [0.25, 0.3) is 5.91 Å². The van der Waals surface area contributed by atoms with E-state index in [-0.39, 0.29) is 23.8 Å². The lowest BCUT2D eigenvalue weighted by atomic mass is 9.81. The van der Waals surface area contributed by atoms with E-state index < -0.39 is 23.9 Å². The minimum atomic E-state index is -0.749. The first-order valence-corrected chi connectivity index (χ1v) is 13.1. The quantitative estimate of drug-likeness (QED) is 0.436. The van der Waals surface area contributed by atoms with Crippen LogP contribution < -0.4 is 16.0 Å². The number of likely N-dealkylation sites (tertiary alicyclic amines) is 1. The molecule has 4 N–H and O–H groups in total. The Morgan fingerprint density at radius 1 is 0.946 bits per heavy atom. The molecule has 0 bridgehead atoms. The number of piperidine rings is 1. The van der Waals surface area contributed by atoms with Gasteiger partial charge in [0.1, 0.15) is 5.69 Å². The van der Waals surface area contributed by atoms with E-state index in [0.717, 1.165) is 36.8 Å². The smallest absolute Gasteiger partial charge is 0.309 e. The number of hydrogen-bond donors (Lipinski definition) is 4. The molecule has 2 heterocycles. The predicted octanol–water partition coefficient (Wildman–Crippen LogP) is 1.50. The topological polar surface area (TPSA) is 127 Å². The molecule has 0 radical (unpaired) electrons. The molecule has 2 aliphatic rings. The molecule has 1 aliphatic heterocycles. The maximum absolute atomic E-state index is 13.1. The molecule has 1 saturated heterocycles. The SMILES string of the molecule is CN1CCC(NC(=O)C(=O)N[C@@H]2C[C@@H](C(=O)N(C)C)CC[C@H]2NC(=O)c2cc3cc(Cl)ccc3[nH]2)CC1. The summed E-state index contributed by atoms with van der Waals surface area (Å²) >= 11 is 6.07. The van der Waals surface area contributed by atoms with Gasteiger partial charge in [-0.1, -0.05) is 11.6 Å². The summed E-state index contributed by atoms with van der Waals surface area (Å²) in [6.07, 6.45) is 2.96. The van der Waals surface area contributed by atoms with Crippen molar-refractivity contribution in [2.24, 2.45) is 5.92 Å². The number of aromatic amines is 1. The van der Waals surface area contributed by atoms with Gasteiger partial charge in [0.05, 0.1) is 6.04 Å². The number of rotatable bonds is 5. The molecule has 1 aliphatic carbocycles. The summed E-state index contributed by atoms with van der Waals surface area (Å²) in [4.78, 5) is 58.1. The zero-order valence-corrected chi connectivity index (χ0v) is 22.2. The molecule has 3 atom stereocenters. The molecule has 4 amide bonds. The van der Waals surface area contributed by atoms with Crippen LogP contribution in [0.1, 0.15) is 42.6 Å². The number of carbonyl (C=O) groups is 4. The van der Waals surface area contributed by atoms with Crippen molar-refractivity contribution in [2.45, 2.75) is 50.2 Å².